The van der Waals surface area contributed by atoms with Crippen LogP contribution in [0.25, 0.3) is 11.1 Å². The van der Waals surface area contributed by atoms with Crippen molar-refractivity contribution in [1.29, 1.82) is 0 Å². The second kappa shape index (κ2) is 9.64. The molecule has 0 aliphatic rings. The van der Waals surface area contributed by atoms with Crippen molar-refractivity contribution in [3.05, 3.63) is 95.8 Å². The van der Waals surface area contributed by atoms with Gasteiger partial charge in [-0.25, -0.2) is 4.39 Å². The predicted octanol–water partition coefficient (Wildman–Crippen LogP) is 3.34. The molecule has 0 aromatic heterocycles. The maximum atomic E-state index is 13.9. The lowest BCUT2D eigenvalue weighted by Crippen LogP contribution is -2.51. The Hall–Kier alpha value is -2.98. The van der Waals surface area contributed by atoms with Crippen molar-refractivity contribution in [3.63, 3.8) is 0 Å². The molecule has 0 bridgehead atoms. The Balaban J connectivity index is 0.000000244. The summed E-state index contributed by atoms with van der Waals surface area (Å²) >= 11 is 0. The fraction of sp³-hybridized carbons (Fsp3) is 0.174. The van der Waals surface area contributed by atoms with Crippen molar-refractivity contribution in [2.45, 2.75) is 25.8 Å². The van der Waals surface area contributed by atoms with Gasteiger partial charge in [0.25, 0.3) is 0 Å². The van der Waals surface area contributed by atoms with Crippen LogP contribution in [0.5, 0.6) is 0 Å². The third-order valence-electron chi connectivity index (χ3n) is 4.30. The molecule has 3 aromatic rings. The van der Waals surface area contributed by atoms with Crippen LogP contribution in [0.15, 0.2) is 78.9 Å². The van der Waals surface area contributed by atoms with Gasteiger partial charge < -0.3 is 15.6 Å². The second-order valence-electron chi connectivity index (χ2n) is 6.46. The molecule has 3 nitrogen and oxygen atoms in total. The number of carboxylic acid groups (broad SMARTS) is 1. The van der Waals surface area contributed by atoms with E-state index in [4.69, 9.17) is 0 Å². The Morgan fingerprint density at radius 1 is 0.889 bits per heavy atom. The number of halogens is 1. The summed E-state index contributed by atoms with van der Waals surface area (Å²) in [5.41, 5.74) is 6.85. The third-order valence-corrected chi connectivity index (χ3v) is 4.30. The van der Waals surface area contributed by atoms with Gasteiger partial charge in [0, 0.05) is 23.0 Å². The van der Waals surface area contributed by atoms with Gasteiger partial charge >= 0.3 is 0 Å². The summed E-state index contributed by atoms with van der Waals surface area (Å²) in [7, 11) is 0. The van der Waals surface area contributed by atoms with Gasteiger partial charge in [-0.2, -0.15) is 0 Å². The van der Waals surface area contributed by atoms with Crippen LogP contribution in [-0.2, 0) is 4.79 Å². The van der Waals surface area contributed by atoms with Gasteiger partial charge in [0.05, 0.1) is 0 Å². The molecule has 0 saturated carbocycles. The summed E-state index contributed by atoms with van der Waals surface area (Å²) in [6.45, 7) is 3.57. The molecule has 0 saturated heterocycles. The summed E-state index contributed by atoms with van der Waals surface area (Å²) in [5.74, 6) is -2.45. The van der Waals surface area contributed by atoms with Crippen molar-refractivity contribution in [2.24, 2.45) is 0 Å². The molecule has 3 aromatic carbocycles. The fourth-order valence-corrected chi connectivity index (χ4v) is 2.57. The first-order valence-corrected chi connectivity index (χ1v) is 8.84. The summed E-state index contributed by atoms with van der Waals surface area (Å²) in [4.78, 5) is 10.7. The number of rotatable bonds is 4. The fourth-order valence-electron chi connectivity index (χ4n) is 2.57. The van der Waals surface area contributed by atoms with E-state index in [-0.39, 0.29) is 0 Å². The lowest BCUT2D eigenvalue weighted by Gasteiger charge is -2.14. The molecule has 0 heterocycles. The van der Waals surface area contributed by atoms with Crippen LogP contribution in [0.4, 0.5) is 4.39 Å². The van der Waals surface area contributed by atoms with E-state index in [0.29, 0.717) is 17.2 Å². The van der Waals surface area contributed by atoms with Crippen molar-refractivity contribution < 1.29 is 20.0 Å². The topological polar surface area (TPSA) is 67.8 Å². The van der Waals surface area contributed by atoms with E-state index in [1.165, 1.54) is 18.6 Å². The molecule has 140 valence electrons. The van der Waals surface area contributed by atoms with E-state index in [1.807, 2.05) is 36.4 Å². The number of carboxylic acids is 1. The summed E-state index contributed by atoms with van der Waals surface area (Å²) in [6.07, 6.45) is 0. The normalized spacial score (nSPS) is 12.4. The number of hydrogen-bond donors (Lipinski definition) is 1. The quantitative estimate of drug-likeness (QED) is 0.770. The van der Waals surface area contributed by atoms with E-state index in [1.54, 1.807) is 24.3 Å². The smallest absolute Gasteiger partial charge is 0.131 e. The molecule has 4 heteroatoms. The molecule has 0 aliphatic carbocycles. The molecule has 0 radical (unpaired) electrons. The Morgan fingerprint density at radius 3 is 1.89 bits per heavy atom. The number of benzene rings is 3. The van der Waals surface area contributed by atoms with E-state index in [0.717, 1.165) is 5.56 Å². The third kappa shape index (κ3) is 5.76. The van der Waals surface area contributed by atoms with Gasteiger partial charge in [-0.3, -0.25) is 0 Å². The zero-order chi connectivity index (χ0) is 19.8. The first-order valence-electron chi connectivity index (χ1n) is 8.84. The molecule has 3 rings (SSSR count). The Morgan fingerprint density at radius 2 is 1.44 bits per heavy atom. The number of hydrogen-bond acceptors (Lipinski definition) is 2. The molecule has 27 heavy (non-hydrogen) atoms. The lowest BCUT2D eigenvalue weighted by atomic mass is 9.97. The Bertz CT molecular complexity index is 864. The molecular weight excluding hydrogens is 341 g/mol. The van der Waals surface area contributed by atoms with Gasteiger partial charge in [-0.05, 0) is 24.1 Å². The largest absolute Gasteiger partial charge is 0.550 e. The first-order chi connectivity index (χ1) is 12.9. The SMILES string of the molecule is C[C@H](C(=O)[O-])c1ccc(-c2ccccc2)c(F)c1.C[C@H]([NH3+])c1ccccc1. The highest BCUT2D eigenvalue weighted by Crippen LogP contribution is 2.25. The van der Waals surface area contributed by atoms with Gasteiger partial charge in [-0.15, -0.1) is 0 Å². The van der Waals surface area contributed by atoms with Crippen LogP contribution in [-0.4, -0.2) is 5.97 Å². The molecule has 0 spiro atoms. The summed E-state index contributed by atoms with van der Waals surface area (Å²) in [5, 5.41) is 10.7. The maximum absolute atomic E-state index is 13.9. The standard InChI is InChI=1S/C15H13FO2.C8H11N/c1-10(15(17)18)12-7-8-13(14(16)9-12)11-5-3-2-4-6-11;1-7(9)8-5-3-2-4-6-8/h2-10H,1H3,(H,17,18);2-7H,9H2,1H3/t10-;7-/m00/s1. The highest BCUT2D eigenvalue weighted by molar-refractivity contribution is 5.74. The van der Waals surface area contributed by atoms with Crippen molar-refractivity contribution in [1.82, 2.24) is 0 Å². The van der Waals surface area contributed by atoms with E-state index in [9.17, 15) is 14.3 Å². The van der Waals surface area contributed by atoms with E-state index in [2.05, 4.69) is 24.8 Å². The average molecular weight is 365 g/mol. The van der Waals surface area contributed by atoms with Crippen LogP contribution in [0.3, 0.4) is 0 Å². The van der Waals surface area contributed by atoms with Crippen molar-refractivity contribution in [2.75, 3.05) is 0 Å². The van der Waals surface area contributed by atoms with Crippen LogP contribution < -0.4 is 10.8 Å². The summed E-state index contributed by atoms with van der Waals surface area (Å²) < 4.78 is 13.9. The minimum atomic E-state index is -1.21. The highest BCUT2D eigenvalue weighted by Gasteiger charge is 2.11. The van der Waals surface area contributed by atoms with Gasteiger partial charge in [-0.1, -0.05) is 79.7 Å². The van der Waals surface area contributed by atoms with Crippen molar-refractivity contribution >= 4 is 5.97 Å². The molecule has 0 amide bonds. The van der Waals surface area contributed by atoms with Crippen LogP contribution in [0, 0.1) is 5.82 Å². The zero-order valence-corrected chi connectivity index (χ0v) is 15.6. The molecular formula is C23H24FNO2. The molecule has 0 aliphatic heterocycles. The van der Waals surface area contributed by atoms with Gasteiger partial charge in [0.2, 0.25) is 0 Å². The lowest BCUT2D eigenvalue weighted by molar-refractivity contribution is -0.420. The molecule has 2 atom stereocenters. The zero-order valence-electron chi connectivity index (χ0n) is 15.6. The minimum Gasteiger partial charge on any atom is -0.550 e. The van der Waals surface area contributed by atoms with Crippen LogP contribution in [0.2, 0.25) is 0 Å². The number of quaternary nitrogens is 1. The number of aliphatic carboxylic acids is 1. The first kappa shape index (κ1) is 20.3. The second-order valence-corrected chi connectivity index (χ2v) is 6.46. The number of carbonyl (C=O) groups excluding carboxylic acids is 1. The van der Waals surface area contributed by atoms with E-state index < -0.39 is 17.7 Å². The Labute approximate surface area is 159 Å². The van der Waals surface area contributed by atoms with Crippen molar-refractivity contribution in [3.8, 4) is 11.1 Å². The minimum absolute atomic E-state index is 0.409. The maximum Gasteiger partial charge on any atom is 0.131 e. The summed E-state index contributed by atoms with van der Waals surface area (Å²) in [6, 6.07) is 24.3. The Kier molecular flexibility index (Phi) is 7.26. The monoisotopic (exact) mass is 365 g/mol. The number of carbonyl (C=O) groups is 1. The van der Waals surface area contributed by atoms with E-state index >= 15 is 0 Å². The molecule has 0 unspecified atom stereocenters. The highest BCUT2D eigenvalue weighted by atomic mass is 19.1. The van der Waals surface area contributed by atoms with Gasteiger partial charge in [0.15, 0.2) is 0 Å². The average Bonchev–Trinajstić information content (AvgIpc) is 2.69. The van der Waals surface area contributed by atoms with Crippen LogP contribution >= 0.6 is 0 Å². The predicted molar refractivity (Wildman–Crippen MR) is 103 cm³/mol. The van der Waals surface area contributed by atoms with Gasteiger partial charge in [0.1, 0.15) is 11.9 Å². The van der Waals surface area contributed by atoms with Crippen LogP contribution in [0.1, 0.15) is 36.9 Å². The molecule has 3 N–H and O–H groups in total. The molecule has 0 fully saturated rings.